The summed E-state index contributed by atoms with van der Waals surface area (Å²) in [6.07, 6.45) is 0. The first-order valence-corrected chi connectivity index (χ1v) is 9.94. The number of rotatable bonds is 3. The number of phenolic OH excluding ortho intramolecular Hbond substituents is 1. The van der Waals surface area contributed by atoms with Gasteiger partial charge in [-0.25, -0.2) is 4.99 Å². The Morgan fingerprint density at radius 1 is 1.26 bits per heavy atom. The number of amides is 1. The van der Waals surface area contributed by atoms with Crippen LogP contribution in [0.4, 0.5) is 5.69 Å². The smallest absolute Gasteiger partial charge is 0.255 e. The van der Waals surface area contributed by atoms with Crippen LogP contribution >= 0.6 is 23.4 Å². The molecule has 2 heterocycles. The third-order valence-corrected chi connectivity index (χ3v) is 5.85. The second kappa shape index (κ2) is 7.29. The van der Waals surface area contributed by atoms with E-state index in [1.54, 1.807) is 48.2 Å². The number of fused-ring (bicyclic) bond motifs is 1. The lowest BCUT2D eigenvalue weighted by atomic mass is 9.93. The Balaban J connectivity index is 1.75. The van der Waals surface area contributed by atoms with Crippen LogP contribution in [0.15, 0.2) is 64.8 Å². The van der Waals surface area contributed by atoms with E-state index < -0.39 is 0 Å². The van der Waals surface area contributed by atoms with E-state index >= 15 is 0 Å². The van der Waals surface area contributed by atoms with Gasteiger partial charge in [-0.2, -0.15) is 0 Å². The van der Waals surface area contributed by atoms with Gasteiger partial charge in [0.15, 0.2) is 5.17 Å². The molecule has 2 aromatic carbocycles. The van der Waals surface area contributed by atoms with E-state index in [9.17, 15) is 9.90 Å². The molecule has 0 bridgehead atoms. The first kappa shape index (κ1) is 17.9. The molecule has 2 N–H and O–H groups in total. The molecule has 0 aromatic heterocycles. The summed E-state index contributed by atoms with van der Waals surface area (Å²) in [6, 6.07) is 13.7. The number of hydrogen-bond acceptors (Lipinski definition) is 5. The van der Waals surface area contributed by atoms with Crippen LogP contribution in [-0.4, -0.2) is 33.4 Å². The van der Waals surface area contributed by atoms with Crippen molar-refractivity contribution in [2.24, 2.45) is 4.99 Å². The van der Waals surface area contributed by atoms with Crippen molar-refractivity contribution in [3.8, 4) is 5.75 Å². The van der Waals surface area contributed by atoms with Crippen molar-refractivity contribution in [1.29, 1.82) is 0 Å². The Labute approximate surface area is 166 Å². The molecule has 7 heteroatoms. The van der Waals surface area contributed by atoms with E-state index in [4.69, 9.17) is 11.6 Å². The number of nitrogens with one attached hydrogen (secondary N) is 1. The van der Waals surface area contributed by atoms with Crippen molar-refractivity contribution in [2.75, 3.05) is 17.6 Å². The standard InChI is InChI=1S/C20H18ClN3O2S/c1-12-17(19(26)23-14-8-6-13(21)7-9-14)18(15-4-2-3-5-16(15)25)24-10-11-27-20(24)22-12/h2-9,18,25H,10-11H2,1H3,(H,23,26). The van der Waals surface area contributed by atoms with Gasteiger partial charge in [0, 0.05) is 28.6 Å². The molecule has 0 aliphatic carbocycles. The summed E-state index contributed by atoms with van der Waals surface area (Å²) in [6.45, 7) is 2.61. The Morgan fingerprint density at radius 3 is 2.74 bits per heavy atom. The van der Waals surface area contributed by atoms with Crippen molar-refractivity contribution in [3.63, 3.8) is 0 Å². The summed E-state index contributed by atoms with van der Waals surface area (Å²) in [5.74, 6) is 0.843. The summed E-state index contributed by atoms with van der Waals surface area (Å²) in [5, 5.41) is 14.9. The molecule has 27 heavy (non-hydrogen) atoms. The zero-order valence-electron chi connectivity index (χ0n) is 14.6. The minimum absolute atomic E-state index is 0.172. The molecule has 1 unspecified atom stereocenters. The molecule has 0 saturated carbocycles. The predicted octanol–water partition coefficient (Wildman–Crippen LogP) is 4.42. The number of halogens is 1. The molecular weight excluding hydrogens is 382 g/mol. The summed E-state index contributed by atoms with van der Waals surface area (Å²) in [5.41, 5.74) is 2.56. The second-order valence-electron chi connectivity index (χ2n) is 6.36. The summed E-state index contributed by atoms with van der Waals surface area (Å²) in [4.78, 5) is 19.9. The highest BCUT2D eigenvalue weighted by Gasteiger charge is 2.39. The number of para-hydroxylation sites is 1. The lowest BCUT2D eigenvalue weighted by molar-refractivity contribution is -0.113. The maximum atomic E-state index is 13.2. The highest BCUT2D eigenvalue weighted by molar-refractivity contribution is 8.14. The molecule has 4 rings (SSSR count). The number of aliphatic imine (C=N–C) groups is 1. The largest absolute Gasteiger partial charge is 0.508 e. The fourth-order valence-corrected chi connectivity index (χ4v) is 4.53. The number of anilines is 1. The molecule has 1 atom stereocenters. The number of phenols is 1. The molecule has 1 amide bonds. The van der Waals surface area contributed by atoms with Gasteiger partial charge >= 0.3 is 0 Å². The second-order valence-corrected chi connectivity index (χ2v) is 7.86. The molecule has 2 aliphatic rings. The number of carbonyl (C=O) groups excluding carboxylic acids is 1. The van der Waals surface area contributed by atoms with Crippen LogP contribution in [0.25, 0.3) is 0 Å². The Kier molecular flexibility index (Phi) is 4.85. The van der Waals surface area contributed by atoms with Gasteiger partial charge in [-0.05, 0) is 37.3 Å². The number of carbonyl (C=O) groups is 1. The van der Waals surface area contributed by atoms with E-state index in [2.05, 4.69) is 15.2 Å². The molecule has 0 spiro atoms. The van der Waals surface area contributed by atoms with Crippen LogP contribution in [0.5, 0.6) is 5.75 Å². The van der Waals surface area contributed by atoms with E-state index in [1.807, 2.05) is 19.1 Å². The van der Waals surface area contributed by atoms with Crippen LogP contribution in [0.3, 0.4) is 0 Å². The highest BCUT2D eigenvalue weighted by atomic mass is 35.5. The summed E-state index contributed by atoms with van der Waals surface area (Å²) < 4.78 is 0. The van der Waals surface area contributed by atoms with E-state index in [1.165, 1.54) is 0 Å². The minimum Gasteiger partial charge on any atom is -0.508 e. The molecule has 5 nitrogen and oxygen atoms in total. The van der Waals surface area contributed by atoms with Gasteiger partial charge in [0.1, 0.15) is 5.75 Å². The number of hydrogen-bond donors (Lipinski definition) is 2. The van der Waals surface area contributed by atoms with Crippen LogP contribution in [0.2, 0.25) is 5.02 Å². The maximum Gasteiger partial charge on any atom is 0.255 e. The van der Waals surface area contributed by atoms with Crippen molar-refractivity contribution >= 4 is 40.1 Å². The van der Waals surface area contributed by atoms with Crippen molar-refractivity contribution in [2.45, 2.75) is 13.0 Å². The minimum atomic E-state index is -0.374. The van der Waals surface area contributed by atoms with E-state index in [0.29, 0.717) is 27.5 Å². The Bertz CT molecular complexity index is 956. The summed E-state index contributed by atoms with van der Waals surface area (Å²) in [7, 11) is 0. The molecule has 0 radical (unpaired) electrons. The number of nitrogens with zero attached hydrogens (tertiary/aromatic N) is 2. The fraction of sp³-hybridized carbons (Fsp3) is 0.200. The quantitative estimate of drug-likeness (QED) is 0.801. The third kappa shape index (κ3) is 3.42. The Hall–Kier alpha value is -2.44. The van der Waals surface area contributed by atoms with E-state index in [0.717, 1.165) is 17.5 Å². The maximum absolute atomic E-state index is 13.2. The number of allylic oxidation sites excluding steroid dienone is 1. The normalized spacial score (nSPS) is 19.0. The molecule has 1 saturated heterocycles. The fourth-order valence-electron chi connectivity index (χ4n) is 3.37. The number of thioether (sulfide) groups is 1. The van der Waals surface area contributed by atoms with Gasteiger partial charge in [-0.3, -0.25) is 4.79 Å². The van der Waals surface area contributed by atoms with Gasteiger partial charge in [0.25, 0.3) is 5.91 Å². The van der Waals surface area contributed by atoms with Crippen molar-refractivity contribution < 1.29 is 9.90 Å². The Morgan fingerprint density at radius 2 is 2.00 bits per heavy atom. The molecule has 2 aliphatic heterocycles. The number of amidine groups is 1. The number of benzene rings is 2. The van der Waals surface area contributed by atoms with Gasteiger partial charge < -0.3 is 15.3 Å². The van der Waals surface area contributed by atoms with E-state index in [-0.39, 0.29) is 17.7 Å². The zero-order valence-corrected chi connectivity index (χ0v) is 16.2. The predicted molar refractivity (Wildman–Crippen MR) is 110 cm³/mol. The van der Waals surface area contributed by atoms with Gasteiger partial charge in [-0.15, -0.1) is 0 Å². The first-order chi connectivity index (χ1) is 13.0. The molecular formula is C20H18ClN3O2S. The van der Waals surface area contributed by atoms with Crippen LogP contribution in [0.1, 0.15) is 18.5 Å². The monoisotopic (exact) mass is 399 g/mol. The first-order valence-electron chi connectivity index (χ1n) is 8.58. The van der Waals surface area contributed by atoms with Gasteiger partial charge in [0.05, 0.1) is 17.3 Å². The van der Waals surface area contributed by atoms with Crippen molar-refractivity contribution in [1.82, 2.24) is 4.90 Å². The van der Waals surface area contributed by atoms with Crippen LogP contribution < -0.4 is 5.32 Å². The number of aromatic hydroxyl groups is 1. The highest BCUT2D eigenvalue weighted by Crippen LogP contribution is 2.42. The topological polar surface area (TPSA) is 64.9 Å². The lowest BCUT2D eigenvalue weighted by Crippen LogP contribution is -2.37. The summed E-state index contributed by atoms with van der Waals surface area (Å²) >= 11 is 7.59. The molecule has 138 valence electrons. The average Bonchev–Trinajstić information content (AvgIpc) is 3.11. The average molecular weight is 400 g/mol. The van der Waals surface area contributed by atoms with Gasteiger partial charge in [-0.1, -0.05) is 41.6 Å². The van der Waals surface area contributed by atoms with Gasteiger partial charge in [0.2, 0.25) is 0 Å². The molecule has 1 fully saturated rings. The zero-order chi connectivity index (χ0) is 19.0. The van der Waals surface area contributed by atoms with Crippen molar-refractivity contribution in [3.05, 3.63) is 70.4 Å². The van der Waals surface area contributed by atoms with Crippen LogP contribution in [0, 0.1) is 0 Å². The molecule has 2 aromatic rings. The lowest BCUT2D eigenvalue weighted by Gasteiger charge is -2.35. The third-order valence-electron chi connectivity index (χ3n) is 4.63. The SMILES string of the molecule is CC1=C(C(=O)Nc2ccc(Cl)cc2)C(c2ccccc2O)N2CCSC2=N1. The van der Waals surface area contributed by atoms with Crippen LogP contribution in [-0.2, 0) is 4.79 Å².